The first kappa shape index (κ1) is 26.4. The molecule has 2 heterocycles. The van der Waals surface area contributed by atoms with E-state index in [4.69, 9.17) is 9.15 Å². The Kier molecular flexibility index (Phi) is 7.40. The molecule has 4 saturated carbocycles. The number of aryl methyl sites for hydroxylation is 1. The average molecular weight is 538 g/mol. The molecule has 3 amide bonds. The Bertz CT molecular complexity index is 1140. The third kappa shape index (κ3) is 6.16. The maximum Gasteiger partial charge on any atom is 0.318 e. The zero-order valence-electron chi connectivity index (χ0n) is 22.9. The Morgan fingerprint density at radius 1 is 0.974 bits per heavy atom. The van der Waals surface area contributed by atoms with Crippen LogP contribution < -0.4 is 5.32 Å². The molecule has 8 heteroatoms. The van der Waals surface area contributed by atoms with E-state index < -0.39 is 0 Å². The van der Waals surface area contributed by atoms with Gasteiger partial charge in [0.1, 0.15) is 23.9 Å². The highest BCUT2D eigenvalue weighted by Gasteiger charge is 2.52. The number of carbonyl (C=O) groups excluding carboxylic acids is 2. The molecule has 7 nitrogen and oxygen atoms in total. The number of amides is 3. The van der Waals surface area contributed by atoms with E-state index in [0.717, 1.165) is 43.4 Å². The van der Waals surface area contributed by atoms with Crippen LogP contribution in [0.25, 0.3) is 0 Å². The van der Waals surface area contributed by atoms with Crippen LogP contribution >= 0.6 is 0 Å². The summed E-state index contributed by atoms with van der Waals surface area (Å²) >= 11 is 0. The number of nitrogens with one attached hydrogen (secondary N) is 1. The van der Waals surface area contributed by atoms with E-state index in [1.165, 1.54) is 31.4 Å². The minimum atomic E-state index is -0.317. The monoisotopic (exact) mass is 537 g/mol. The van der Waals surface area contributed by atoms with E-state index in [0.29, 0.717) is 43.2 Å². The molecule has 1 N–H and O–H groups in total. The Labute approximate surface area is 230 Å². The van der Waals surface area contributed by atoms with Crippen LogP contribution in [0.2, 0.25) is 0 Å². The van der Waals surface area contributed by atoms with E-state index >= 15 is 0 Å². The first-order chi connectivity index (χ1) is 18.8. The summed E-state index contributed by atoms with van der Waals surface area (Å²) in [7, 11) is 0. The van der Waals surface area contributed by atoms with E-state index in [9.17, 15) is 14.0 Å². The van der Waals surface area contributed by atoms with Gasteiger partial charge in [-0.3, -0.25) is 4.79 Å². The second kappa shape index (κ2) is 11.0. The largest absolute Gasteiger partial charge is 0.464 e. The molecule has 5 aliphatic rings. The molecule has 210 valence electrons. The molecule has 1 atom stereocenters. The summed E-state index contributed by atoms with van der Waals surface area (Å²) in [6, 6.07) is 9.76. The van der Waals surface area contributed by atoms with Gasteiger partial charge in [-0.25, -0.2) is 9.18 Å². The molecule has 1 aromatic carbocycles. The number of benzene rings is 1. The van der Waals surface area contributed by atoms with Crippen molar-refractivity contribution in [3.05, 3.63) is 59.3 Å². The fourth-order valence-corrected chi connectivity index (χ4v) is 7.89. The SMILES string of the molecule is Cc1ccc(CN(Cc2ccc(F)cc2)C(=O)CN(CC2CCCO2)C(=O)NC23CC4CC(CC(C4)C2)C3)o1. The number of furan rings is 1. The van der Waals surface area contributed by atoms with Crippen molar-refractivity contribution in [2.24, 2.45) is 17.8 Å². The summed E-state index contributed by atoms with van der Waals surface area (Å²) in [5.74, 6) is 3.10. The summed E-state index contributed by atoms with van der Waals surface area (Å²) in [4.78, 5) is 31.0. The van der Waals surface area contributed by atoms with E-state index in [-0.39, 0.29) is 42.5 Å². The quantitative estimate of drug-likeness (QED) is 0.464. The average Bonchev–Trinajstić information content (AvgIpc) is 3.55. The zero-order chi connectivity index (χ0) is 27.0. The van der Waals surface area contributed by atoms with Crippen molar-refractivity contribution in [1.82, 2.24) is 15.1 Å². The second-order valence-corrected chi connectivity index (χ2v) is 12.5. The summed E-state index contributed by atoms with van der Waals surface area (Å²) in [6.07, 6.45) is 8.88. The van der Waals surface area contributed by atoms with Crippen LogP contribution in [0.1, 0.15) is 68.5 Å². The summed E-state index contributed by atoms with van der Waals surface area (Å²) in [6.45, 7) is 3.48. The maximum atomic E-state index is 13.9. The molecule has 0 radical (unpaired) electrons. The molecular formula is C31H40FN3O4. The van der Waals surface area contributed by atoms with Gasteiger partial charge in [-0.2, -0.15) is 0 Å². The summed E-state index contributed by atoms with van der Waals surface area (Å²) < 4.78 is 25.2. The lowest BCUT2D eigenvalue weighted by Crippen LogP contribution is -2.62. The van der Waals surface area contributed by atoms with Gasteiger partial charge in [0.15, 0.2) is 0 Å². The van der Waals surface area contributed by atoms with Crippen molar-refractivity contribution in [3.63, 3.8) is 0 Å². The van der Waals surface area contributed by atoms with Gasteiger partial charge >= 0.3 is 6.03 Å². The number of nitrogens with zero attached hydrogens (tertiary/aromatic N) is 2. The van der Waals surface area contributed by atoms with E-state index in [1.807, 2.05) is 19.1 Å². The van der Waals surface area contributed by atoms with Crippen LogP contribution in [0, 0.1) is 30.5 Å². The van der Waals surface area contributed by atoms with Gasteiger partial charge in [-0.1, -0.05) is 12.1 Å². The molecule has 0 spiro atoms. The molecule has 5 fully saturated rings. The molecule has 2 aromatic rings. The van der Waals surface area contributed by atoms with Gasteiger partial charge in [0, 0.05) is 25.2 Å². The lowest BCUT2D eigenvalue weighted by atomic mass is 9.53. The zero-order valence-corrected chi connectivity index (χ0v) is 22.9. The van der Waals surface area contributed by atoms with Crippen molar-refractivity contribution >= 4 is 11.9 Å². The number of hydrogen-bond acceptors (Lipinski definition) is 4. The van der Waals surface area contributed by atoms with Gasteiger partial charge in [0.25, 0.3) is 0 Å². The molecule has 1 aliphatic heterocycles. The molecule has 4 bridgehead atoms. The van der Waals surface area contributed by atoms with E-state index in [1.54, 1.807) is 21.9 Å². The second-order valence-electron chi connectivity index (χ2n) is 12.5. The fourth-order valence-electron chi connectivity index (χ4n) is 7.89. The third-order valence-corrected chi connectivity index (χ3v) is 9.25. The van der Waals surface area contributed by atoms with Gasteiger partial charge in [-0.05, 0) is 106 Å². The minimum Gasteiger partial charge on any atom is -0.464 e. The van der Waals surface area contributed by atoms with Crippen molar-refractivity contribution in [1.29, 1.82) is 0 Å². The van der Waals surface area contributed by atoms with Crippen molar-refractivity contribution in [2.75, 3.05) is 19.7 Å². The summed E-state index contributed by atoms with van der Waals surface area (Å²) in [5, 5.41) is 3.45. The molecule has 39 heavy (non-hydrogen) atoms. The van der Waals surface area contributed by atoms with E-state index in [2.05, 4.69) is 5.32 Å². The molecule has 1 unspecified atom stereocenters. The van der Waals surface area contributed by atoms with Gasteiger partial charge < -0.3 is 24.3 Å². The number of hydrogen-bond donors (Lipinski definition) is 1. The minimum absolute atomic E-state index is 0.0427. The topological polar surface area (TPSA) is 75.0 Å². The third-order valence-electron chi connectivity index (χ3n) is 9.25. The lowest BCUT2D eigenvalue weighted by Gasteiger charge is -2.57. The van der Waals surface area contributed by atoms with Crippen LogP contribution in [0.5, 0.6) is 0 Å². The van der Waals surface area contributed by atoms with Crippen LogP contribution in [-0.2, 0) is 22.6 Å². The molecule has 4 aliphatic carbocycles. The summed E-state index contributed by atoms with van der Waals surface area (Å²) in [5.41, 5.74) is 0.681. The van der Waals surface area contributed by atoms with Gasteiger partial charge in [0.2, 0.25) is 5.91 Å². The number of urea groups is 1. The standard InChI is InChI=1S/C31H40FN3O4/c1-21-4-9-28(39-21)19-34(17-22-5-7-26(32)8-6-22)29(36)20-35(18-27-3-2-10-38-27)30(37)33-31-14-23-11-24(15-31)13-25(12-23)16-31/h4-9,23-25,27H,2-3,10-20H2,1H3,(H,33,37). The number of halogens is 1. The highest BCUT2D eigenvalue weighted by molar-refractivity contribution is 5.84. The van der Waals surface area contributed by atoms with Gasteiger partial charge in [0.05, 0.1) is 12.6 Å². The fraction of sp³-hybridized carbons (Fsp3) is 0.613. The number of rotatable bonds is 9. The van der Waals surface area contributed by atoms with Crippen molar-refractivity contribution in [3.8, 4) is 0 Å². The molecule has 1 saturated heterocycles. The van der Waals surface area contributed by atoms with Crippen LogP contribution in [0.15, 0.2) is 40.8 Å². The smallest absolute Gasteiger partial charge is 0.318 e. The number of carbonyl (C=O) groups is 2. The Balaban J connectivity index is 1.19. The predicted molar refractivity (Wildman–Crippen MR) is 144 cm³/mol. The van der Waals surface area contributed by atoms with Crippen molar-refractivity contribution < 1.29 is 23.1 Å². The first-order valence-electron chi connectivity index (χ1n) is 14.6. The first-order valence-corrected chi connectivity index (χ1v) is 14.6. The van der Waals surface area contributed by atoms with Crippen molar-refractivity contribution in [2.45, 2.75) is 83.0 Å². The van der Waals surface area contributed by atoms with Crippen LogP contribution in [0.3, 0.4) is 0 Å². The lowest BCUT2D eigenvalue weighted by molar-refractivity contribution is -0.133. The molecule has 1 aromatic heterocycles. The molecule has 7 rings (SSSR count). The maximum absolute atomic E-state index is 13.9. The Hall–Kier alpha value is -2.87. The normalized spacial score (nSPS) is 29.0. The highest BCUT2D eigenvalue weighted by atomic mass is 19.1. The number of ether oxygens (including phenoxy) is 1. The highest BCUT2D eigenvalue weighted by Crippen LogP contribution is 2.55. The van der Waals surface area contributed by atoms with Crippen LogP contribution in [0.4, 0.5) is 9.18 Å². The Morgan fingerprint density at radius 3 is 2.26 bits per heavy atom. The van der Waals surface area contributed by atoms with Gasteiger partial charge in [-0.15, -0.1) is 0 Å². The van der Waals surface area contributed by atoms with Crippen LogP contribution in [-0.4, -0.2) is 53.1 Å². The predicted octanol–water partition coefficient (Wildman–Crippen LogP) is 5.42. The Morgan fingerprint density at radius 2 is 1.67 bits per heavy atom. The molecular weight excluding hydrogens is 497 g/mol.